The molecule has 2 nitrogen and oxygen atoms in total. The lowest BCUT2D eigenvalue weighted by Gasteiger charge is -2.19. The van der Waals surface area contributed by atoms with Gasteiger partial charge in [-0.25, -0.2) is 0 Å². The number of carbonyl (C=O) groups excluding carboxylic acids is 1. The van der Waals surface area contributed by atoms with E-state index in [9.17, 15) is 4.79 Å². The predicted octanol–water partition coefficient (Wildman–Crippen LogP) is 4.38. The van der Waals surface area contributed by atoms with Gasteiger partial charge in [-0.2, -0.15) is 0 Å². The number of esters is 1. The van der Waals surface area contributed by atoms with Crippen molar-refractivity contribution in [2.45, 2.75) is 54.4 Å². The van der Waals surface area contributed by atoms with Crippen molar-refractivity contribution in [3.05, 3.63) is 28.8 Å². The molecule has 0 spiro atoms. The summed E-state index contributed by atoms with van der Waals surface area (Å²) in [5.41, 5.74) is 2.85. The van der Waals surface area contributed by atoms with Crippen LogP contribution in [0.15, 0.2) is 12.1 Å². The van der Waals surface area contributed by atoms with E-state index in [2.05, 4.69) is 26.0 Å². The standard InChI is InChI=1S/C16H24O2/c1-10(2)13-8-11(3)14(12(4)9-13)18-15(17)16(5,6)7/h8-10H,1-7H3. The highest BCUT2D eigenvalue weighted by Crippen LogP contribution is 2.30. The van der Waals surface area contributed by atoms with Crippen molar-refractivity contribution in [3.63, 3.8) is 0 Å². The zero-order valence-electron chi connectivity index (χ0n) is 12.5. The van der Waals surface area contributed by atoms with Crippen molar-refractivity contribution in [2.75, 3.05) is 0 Å². The number of ether oxygens (including phenoxy) is 1. The molecule has 0 radical (unpaired) electrons. The van der Waals surface area contributed by atoms with E-state index in [1.165, 1.54) is 5.56 Å². The van der Waals surface area contributed by atoms with Crippen molar-refractivity contribution in [1.29, 1.82) is 0 Å². The van der Waals surface area contributed by atoms with Crippen LogP contribution >= 0.6 is 0 Å². The minimum atomic E-state index is -0.477. The lowest BCUT2D eigenvalue weighted by molar-refractivity contribution is -0.143. The third-order valence-electron chi connectivity index (χ3n) is 2.96. The number of aryl methyl sites for hydroxylation is 2. The summed E-state index contributed by atoms with van der Waals surface area (Å²) in [6.07, 6.45) is 0. The lowest BCUT2D eigenvalue weighted by Crippen LogP contribution is -2.26. The molecule has 0 unspecified atom stereocenters. The Bertz CT molecular complexity index is 428. The molecule has 0 atom stereocenters. The molecule has 0 aromatic heterocycles. The van der Waals surface area contributed by atoms with Gasteiger partial charge in [-0.3, -0.25) is 4.79 Å². The first-order valence-corrected chi connectivity index (χ1v) is 6.46. The quantitative estimate of drug-likeness (QED) is 0.573. The summed E-state index contributed by atoms with van der Waals surface area (Å²) in [6, 6.07) is 4.20. The highest BCUT2D eigenvalue weighted by atomic mass is 16.5. The van der Waals surface area contributed by atoms with Gasteiger partial charge in [-0.1, -0.05) is 26.0 Å². The van der Waals surface area contributed by atoms with Gasteiger partial charge in [0, 0.05) is 0 Å². The Hall–Kier alpha value is -1.31. The molecule has 1 rings (SSSR count). The Morgan fingerprint density at radius 1 is 1.11 bits per heavy atom. The van der Waals surface area contributed by atoms with E-state index < -0.39 is 5.41 Å². The van der Waals surface area contributed by atoms with Crippen LogP contribution in [0, 0.1) is 19.3 Å². The largest absolute Gasteiger partial charge is 0.426 e. The Balaban J connectivity index is 3.09. The van der Waals surface area contributed by atoms with Crippen LogP contribution in [-0.2, 0) is 4.79 Å². The molecule has 0 bridgehead atoms. The van der Waals surface area contributed by atoms with Crippen LogP contribution in [-0.4, -0.2) is 5.97 Å². The molecule has 0 aliphatic carbocycles. The highest BCUT2D eigenvalue weighted by Gasteiger charge is 2.25. The van der Waals surface area contributed by atoms with E-state index in [4.69, 9.17) is 4.74 Å². The zero-order valence-corrected chi connectivity index (χ0v) is 12.5. The molecule has 2 heteroatoms. The molecule has 1 aromatic carbocycles. The molecule has 100 valence electrons. The Labute approximate surface area is 110 Å². The first-order chi connectivity index (χ1) is 8.12. The van der Waals surface area contributed by atoms with E-state index in [0.29, 0.717) is 11.7 Å². The summed E-state index contributed by atoms with van der Waals surface area (Å²) in [5.74, 6) is 1.00. The monoisotopic (exact) mass is 248 g/mol. The first-order valence-electron chi connectivity index (χ1n) is 6.46. The topological polar surface area (TPSA) is 26.3 Å². The molecular formula is C16H24O2. The maximum atomic E-state index is 11.9. The molecule has 1 aromatic rings. The average Bonchev–Trinajstić information content (AvgIpc) is 2.21. The summed E-state index contributed by atoms with van der Waals surface area (Å²) in [5, 5.41) is 0. The third-order valence-corrected chi connectivity index (χ3v) is 2.96. The second kappa shape index (κ2) is 5.13. The van der Waals surface area contributed by atoms with Gasteiger partial charge < -0.3 is 4.74 Å². The van der Waals surface area contributed by atoms with E-state index in [0.717, 1.165) is 11.1 Å². The Kier molecular flexibility index (Phi) is 4.20. The van der Waals surface area contributed by atoms with Gasteiger partial charge in [0.15, 0.2) is 0 Å². The van der Waals surface area contributed by atoms with E-state index >= 15 is 0 Å². The average molecular weight is 248 g/mol. The predicted molar refractivity (Wildman–Crippen MR) is 75.1 cm³/mol. The van der Waals surface area contributed by atoms with Crippen molar-refractivity contribution in [1.82, 2.24) is 0 Å². The van der Waals surface area contributed by atoms with Gasteiger partial charge in [0.05, 0.1) is 5.41 Å². The van der Waals surface area contributed by atoms with Crippen LogP contribution in [0.25, 0.3) is 0 Å². The Morgan fingerprint density at radius 3 is 1.89 bits per heavy atom. The number of hydrogen-bond acceptors (Lipinski definition) is 2. The molecule has 0 saturated heterocycles. The Morgan fingerprint density at radius 2 is 1.56 bits per heavy atom. The fraction of sp³-hybridized carbons (Fsp3) is 0.562. The second-order valence-corrected chi connectivity index (χ2v) is 6.28. The lowest BCUT2D eigenvalue weighted by atomic mass is 9.96. The van der Waals surface area contributed by atoms with Gasteiger partial charge in [0.1, 0.15) is 5.75 Å². The maximum Gasteiger partial charge on any atom is 0.316 e. The van der Waals surface area contributed by atoms with E-state index in [1.54, 1.807) is 0 Å². The van der Waals surface area contributed by atoms with E-state index in [1.807, 2.05) is 34.6 Å². The van der Waals surface area contributed by atoms with Crippen molar-refractivity contribution >= 4 is 5.97 Å². The number of rotatable bonds is 2. The second-order valence-electron chi connectivity index (χ2n) is 6.28. The SMILES string of the molecule is Cc1cc(C(C)C)cc(C)c1OC(=O)C(C)(C)C. The molecule has 0 aliphatic heterocycles. The maximum absolute atomic E-state index is 11.9. The molecule has 0 saturated carbocycles. The van der Waals surface area contributed by atoms with Crippen LogP contribution in [0.3, 0.4) is 0 Å². The van der Waals surface area contributed by atoms with Gasteiger partial charge in [0.25, 0.3) is 0 Å². The van der Waals surface area contributed by atoms with Gasteiger partial charge in [-0.05, 0) is 57.2 Å². The molecule has 0 N–H and O–H groups in total. The fourth-order valence-corrected chi connectivity index (χ4v) is 1.72. The van der Waals surface area contributed by atoms with Crippen molar-refractivity contribution in [2.24, 2.45) is 5.41 Å². The van der Waals surface area contributed by atoms with Crippen LogP contribution in [0.5, 0.6) is 5.75 Å². The van der Waals surface area contributed by atoms with Crippen LogP contribution in [0.1, 0.15) is 57.2 Å². The number of benzene rings is 1. The zero-order chi connectivity index (χ0) is 14.1. The smallest absolute Gasteiger partial charge is 0.316 e. The highest BCUT2D eigenvalue weighted by molar-refractivity contribution is 5.78. The minimum Gasteiger partial charge on any atom is -0.426 e. The van der Waals surface area contributed by atoms with Crippen molar-refractivity contribution in [3.8, 4) is 5.75 Å². The molecule has 0 amide bonds. The summed E-state index contributed by atoms with van der Waals surface area (Å²) in [6.45, 7) is 13.9. The normalized spacial score (nSPS) is 11.8. The fourth-order valence-electron chi connectivity index (χ4n) is 1.72. The van der Waals surface area contributed by atoms with Crippen LogP contribution < -0.4 is 4.74 Å². The number of hydrogen-bond donors (Lipinski definition) is 0. The summed E-state index contributed by atoms with van der Waals surface area (Å²) in [7, 11) is 0. The molecule has 0 heterocycles. The third kappa shape index (κ3) is 3.34. The first kappa shape index (κ1) is 14.7. The summed E-state index contributed by atoms with van der Waals surface area (Å²) < 4.78 is 5.54. The summed E-state index contributed by atoms with van der Waals surface area (Å²) >= 11 is 0. The molecule has 0 aliphatic rings. The summed E-state index contributed by atoms with van der Waals surface area (Å²) in [4.78, 5) is 11.9. The molecule has 18 heavy (non-hydrogen) atoms. The van der Waals surface area contributed by atoms with Gasteiger partial charge in [-0.15, -0.1) is 0 Å². The number of carbonyl (C=O) groups is 1. The molecule has 0 fully saturated rings. The van der Waals surface area contributed by atoms with Gasteiger partial charge >= 0.3 is 5.97 Å². The van der Waals surface area contributed by atoms with Crippen LogP contribution in [0.2, 0.25) is 0 Å². The van der Waals surface area contributed by atoms with E-state index in [-0.39, 0.29) is 5.97 Å². The van der Waals surface area contributed by atoms with Crippen LogP contribution in [0.4, 0.5) is 0 Å². The van der Waals surface area contributed by atoms with Gasteiger partial charge in [0.2, 0.25) is 0 Å². The van der Waals surface area contributed by atoms with Crippen molar-refractivity contribution < 1.29 is 9.53 Å². The minimum absolute atomic E-state index is 0.189. The molecular weight excluding hydrogens is 224 g/mol.